The van der Waals surface area contributed by atoms with Crippen LogP contribution in [0.15, 0.2) is 55.1 Å². The number of nitrogens with zero attached hydrogens (tertiary/aromatic N) is 6. The van der Waals surface area contributed by atoms with Gasteiger partial charge in [-0.2, -0.15) is 5.10 Å². The number of rotatable bonds is 4. The molecule has 4 aromatic heterocycles. The van der Waals surface area contributed by atoms with Crippen LogP contribution in [0.1, 0.15) is 33.6 Å². The Morgan fingerprint density at radius 3 is 2.83 bits per heavy atom. The maximum atomic E-state index is 12.6. The lowest BCUT2D eigenvalue weighted by atomic mass is 10.1. The quantitative estimate of drug-likeness (QED) is 0.436. The first kappa shape index (κ1) is 23.5. The molecule has 10 heteroatoms. The fourth-order valence-corrected chi connectivity index (χ4v) is 4.26. The number of piperidine rings is 1. The van der Waals surface area contributed by atoms with Crippen molar-refractivity contribution in [3.63, 3.8) is 0 Å². The Kier molecular flexibility index (Phi) is 6.17. The summed E-state index contributed by atoms with van der Waals surface area (Å²) < 4.78 is 7.34. The average molecular weight is 488 g/mol. The zero-order valence-corrected chi connectivity index (χ0v) is 20.5. The lowest BCUT2D eigenvalue weighted by molar-refractivity contribution is 0.0206. The maximum Gasteiger partial charge on any atom is 0.410 e. The van der Waals surface area contributed by atoms with Crippen molar-refractivity contribution in [3.05, 3.63) is 55.1 Å². The summed E-state index contributed by atoms with van der Waals surface area (Å²) in [6, 6.07) is 9.25. The molecule has 1 aliphatic heterocycles. The van der Waals surface area contributed by atoms with Crippen LogP contribution >= 0.6 is 0 Å². The Balaban J connectivity index is 1.47. The summed E-state index contributed by atoms with van der Waals surface area (Å²) >= 11 is 0. The van der Waals surface area contributed by atoms with Crippen LogP contribution < -0.4 is 5.32 Å². The molecule has 1 fully saturated rings. The molecule has 5 rings (SSSR count). The zero-order valence-electron chi connectivity index (χ0n) is 20.5. The molecular weight excluding hydrogens is 458 g/mol. The normalized spacial score (nSPS) is 16.2. The van der Waals surface area contributed by atoms with E-state index in [1.807, 2.05) is 51.2 Å². The van der Waals surface area contributed by atoms with Crippen LogP contribution in [0.5, 0.6) is 5.75 Å². The van der Waals surface area contributed by atoms with Crippen LogP contribution in [0.25, 0.3) is 28.2 Å². The number of carbonyl (C=O) groups is 1. The average Bonchev–Trinajstić information content (AvgIpc) is 3.27. The molecule has 0 saturated carbocycles. The van der Waals surface area contributed by atoms with E-state index in [4.69, 9.17) is 14.7 Å². The molecule has 186 valence electrons. The van der Waals surface area contributed by atoms with Gasteiger partial charge < -0.3 is 20.1 Å². The van der Waals surface area contributed by atoms with Gasteiger partial charge in [-0.1, -0.05) is 6.07 Å². The second-order valence-electron chi connectivity index (χ2n) is 9.89. The highest BCUT2D eigenvalue weighted by Gasteiger charge is 2.28. The summed E-state index contributed by atoms with van der Waals surface area (Å²) in [5, 5.41) is 17.9. The molecule has 0 radical (unpaired) electrons. The van der Waals surface area contributed by atoms with E-state index in [1.165, 1.54) is 6.20 Å². The van der Waals surface area contributed by atoms with Crippen molar-refractivity contribution in [2.75, 3.05) is 18.4 Å². The number of aromatic hydroxyl groups is 1. The summed E-state index contributed by atoms with van der Waals surface area (Å²) in [4.78, 5) is 28.0. The van der Waals surface area contributed by atoms with E-state index >= 15 is 0 Å². The first-order valence-electron chi connectivity index (χ1n) is 12.0. The molecule has 0 bridgehead atoms. The number of nitrogens with one attached hydrogen (secondary N) is 1. The largest absolute Gasteiger partial charge is 0.506 e. The van der Waals surface area contributed by atoms with Gasteiger partial charge in [-0.3, -0.25) is 4.98 Å². The molecule has 0 aliphatic carbocycles. The molecule has 10 nitrogen and oxygen atoms in total. The van der Waals surface area contributed by atoms with E-state index < -0.39 is 5.60 Å². The number of aromatic nitrogens is 5. The fraction of sp³-hybridized carbons (Fsp3) is 0.346. The highest BCUT2D eigenvalue weighted by Crippen LogP contribution is 2.29. The number of fused-ring (bicyclic) bond motifs is 1. The van der Waals surface area contributed by atoms with Crippen LogP contribution in [0.4, 0.5) is 10.6 Å². The van der Waals surface area contributed by atoms with Crippen LogP contribution in [0, 0.1) is 0 Å². The van der Waals surface area contributed by atoms with E-state index in [9.17, 15) is 9.90 Å². The minimum atomic E-state index is -0.544. The molecule has 1 saturated heterocycles. The number of hydrogen-bond donors (Lipinski definition) is 2. The van der Waals surface area contributed by atoms with Gasteiger partial charge in [0.05, 0.1) is 29.2 Å². The molecule has 1 aliphatic rings. The number of amides is 1. The van der Waals surface area contributed by atoms with E-state index in [0.29, 0.717) is 36.0 Å². The summed E-state index contributed by atoms with van der Waals surface area (Å²) in [6.45, 7) is 6.76. The van der Waals surface area contributed by atoms with Crippen molar-refractivity contribution in [3.8, 4) is 28.4 Å². The molecule has 1 amide bonds. The van der Waals surface area contributed by atoms with Crippen LogP contribution in [0.3, 0.4) is 0 Å². The lowest BCUT2D eigenvalue weighted by Crippen LogP contribution is -2.47. The minimum absolute atomic E-state index is 0.00641. The smallest absolute Gasteiger partial charge is 0.410 e. The SMILES string of the molecule is CC(C)(C)OC(=O)N1CCC[C@@H](Nc2cc(-c3cncc(O)c3)nc(-c3cnn4ccccc34)n2)C1. The van der Waals surface area contributed by atoms with Gasteiger partial charge in [0.1, 0.15) is 17.2 Å². The van der Waals surface area contributed by atoms with Gasteiger partial charge >= 0.3 is 6.09 Å². The van der Waals surface area contributed by atoms with Gasteiger partial charge in [-0.15, -0.1) is 0 Å². The number of anilines is 1. The third-order valence-corrected chi connectivity index (χ3v) is 5.84. The minimum Gasteiger partial charge on any atom is -0.506 e. The molecule has 0 spiro atoms. The van der Waals surface area contributed by atoms with Gasteiger partial charge in [0.2, 0.25) is 0 Å². The Morgan fingerprint density at radius 2 is 2.03 bits per heavy atom. The molecular formula is C26H29N7O3. The highest BCUT2D eigenvalue weighted by molar-refractivity contribution is 5.78. The topological polar surface area (TPSA) is 118 Å². The third kappa shape index (κ3) is 5.22. The summed E-state index contributed by atoms with van der Waals surface area (Å²) in [5.74, 6) is 1.17. The zero-order chi connectivity index (χ0) is 25.3. The Labute approximate surface area is 209 Å². The van der Waals surface area contributed by atoms with Gasteiger partial charge in [0, 0.05) is 43.2 Å². The molecule has 1 atom stereocenters. The molecule has 4 aromatic rings. The third-order valence-electron chi connectivity index (χ3n) is 5.84. The molecule has 5 heterocycles. The van der Waals surface area contributed by atoms with Gasteiger partial charge in [0.25, 0.3) is 0 Å². The summed E-state index contributed by atoms with van der Waals surface area (Å²) in [7, 11) is 0. The number of likely N-dealkylation sites (tertiary alicyclic amines) is 1. The van der Waals surface area contributed by atoms with Crippen molar-refractivity contribution >= 4 is 17.4 Å². The van der Waals surface area contributed by atoms with Crippen molar-refractivity contribution < 1.29 is 14.6 Å². The molecule has 0 unspecified atom stereocenters. The number of ether oxygens (including phenoxy) is 1. The lowest BCUT2D eigenvalue weighted by Gasteiger charge is -2.34. The summed E-state index contributed by atoms with van der Waals surface area (Å²) in [6.07, 6.45) is 8.07. The second kappa shape index (κ2) is 9.44. The van der Waals surface area contributed by atoms with Crippen LogP contribution in [-0.2, 0) is 4.74 Å². The van der Waals surface area contributed by atoms with Crippen molar-refractivity contribution in [1.29, 1.82) is 0 Å². The van der Waals surface area contributed by atoms with Gasteiger partial charge in [-0.25, -0.2) is 19.3 Å². The second-order valence-corrected chi connectivity index (χ2v) is 9.89. The predicted octanol–water partition coefficient (Wildman–Crippen LogP) is 4.37. The highest BCUT2D eigenvalue weighted by atomic mass is 16.6. The Hall–Kier alpha value is -4.21. The molecule has 0 aromatic carbocycles. The first-order valence-corrected chi connectivity index (χ1v) is 12.0. The first-order chi connectivity index (χ1) is 17.2. The van der Waals surface area contributed by atoms with Gasteiger partial charge in [0.15, 0.2) is 5.82 Å². The van der Waals surface area contributed by atoms with Crippen LogP contribution in [-0.4, -0.2) is 65.4 Å². The Morgan fingerprint density at radius 1 is 1.17 bits per heavy atom. The molecule has 2 N–H and O–H groups in total. The maximum absolute atomic E-state index is 12.6. The van der Waals surface area contributed by atoms with E-state index in [0.717, 1.165) is 23.9 Å². The van der Waals surface area contributed by atoms with Crippen molar-refractivity contribution in [2.24, 2.45) is 0 Å². The van der Waals surface area contributed by atoms with E-state index in [-0.39, 0.29) is 17.9 Å². The fourth-order valence-electron chi connectivity index (χ4n) is 4.26. The van der Waals surface area contributed by atoms with Crippen molar-refractivity contribution in [2.45, 2.75) is 45.3 Å². The van der Waals surface area contributed by atoms with Crippen molar-refractivity contribution in [1.82, 2.24) is 29.5 Å². The summed E-state index contributed by atoms with van der Waals surface area (Å²) in [5.41, 5.74) is 2.40. The Bertz CT molecular complexity index is 1400. The monoisotopic (exact) mass is 487 g/mol. The number of carbonyl (C=O) groups excluding carboxylic acids is 1. The van der Waals surface area contributed by atoms with Gasteiger partial charge in [-0.05, 0) is 51.8 Å². The van der Waals surface area contributed by atoms with E-state index in [1.54, 1.807) is 27.9 Å². The predicted molar refractivity (Wildman–Crippen MR) is 136 cm³/mol. The number of pyridine rings is 2. The van der Waals surface area contributed by atoms with E-state index in [2.05, 4.69) is 15.4 Å². The number of hydrogen-bond acceptors (Lipinski definition) is 8. The molecule has 36 heavy (non-hydrogen) atoms. The standard InChI is InChI=1S/C26H29N7O3/c1-26(2,3)36-25(35)32-9-6-7-18(16-32)29-23-12-21(17-11-19(34)14-27-13-17)30-24(31-23)20-15-28-33-10-5-4-8-22(20)33/h4-5,8,10-15,18,34H,6-7,9,16H2,1-3H3,(H,29,30,31)/t18-/m1/s1. The van der Waals surface area contributed by atoms with Crippen LogP contribution in [0.2, 0.25) is 0 Å².